The van der Waals surface area contributed by atoms with E-state index in [0.717, 1.165) is 37.1 Å². The molecular weight excluding hydrogens is 316 g/mol. The summed E-state index contributed by atoms with van der Waals surface area (Å²) < 4.78 is 5.28. The molecule has 0 saturated carbocycles. The Labute approximate surface area is 146 Å². The summed E-state index contributed by atoms with van der Waals surface area (Å²) in [5, 5.41) is 4.77. The van der Waals surface area contributed by atoms with Crippen LogP contribution in [0.25, 0.3) is 10.8 Å². The third-order valence-corrected chi connectivity index (χ3v) is 5.57. The van der Waals surface area contributed by atoms with Crippen molar-refractivity contribution >= 4 is 28.3 Å². The zero-order valence-electron chi connectivity index (χ0n) is 14.4. The molecular formula is C20H22N2O3. The highest BCUT2D eigenvalue weighted by Gasteiger charge is 2.41. The molecule has 0 atom stereocenters. The lowest BCUT2D eigenvalue weighted by atomic mass is 9.71. The molecule has 2 saturated heterocycles. The van der Waals surface area contributed by atoms with Crippen LogP contribution in [0.15, 0.2) is 36.4 Å². The second kappa shape index (κ2) is 6.06. The van der Waals surface area contributed by atoms with E-state index in [1.807, 2.05) is 12.1 Å². The number of hydrogen-bond acceptors (Lipinski definition) is 4. The predicted octanol–water partition coefficient (Wildman–Crippen LogP) is 2.87. The van der Waals surface area contributed by atoms with Gasteiger partial charge in [-0.25, -0.2) is 0 Å². The zero-order chi connectivity index (χ0) is 17.4. The molecule has 2 heterocycles. The molecule has 2 aliphatic rings. The number of carbonyl (C=O) groups is 2. The van der Waals surface area contributed by atoms with Gasteiger partial charge in [0.2, 0.25) is 11.8 Å². The van der Waals surface area contributed by atoms with Crippen molar-refractivity contribution < 1.29 is 14.3 Å². The van der Waals surface area contributed by atoms with Crippen molar-refractivity contribution in [3.05, 3.63) is 36.4 Å². The first-order valence-electron chi connectivity index (χ1n) is 8.72. The number of imide groups is 1. The Balaban J connectivity index is 1.51. The van der Waals surface area contributed by atoms with Gasteiger partial charge in [-0.05, 0) is 53.3 Å². The number of rotatable bonds is 2. The van der Waals surface area contributed by atoms with Crippen molar-refractivity contribution in [2.24, 2.45) is 5.41 Å². The highest BCUT2D eigenvalue weighted by atomic mass is 16.5. The van der Waals surface area contributed by atoms with Gasteiger partial charge in [-0.1, -0.05) is 12.1 Å². The number of hydrogen-bond donors (Lipinski definition) is 1. The van der Waals surface area contributed by atoms with Crippen LogP contribution in [-0.4, -0.2) is 32.0 Å². The van der Waals surface area contributed by atoms with Crippen LogP contribution in [0.1, 0.15) is 25.7 Å². The maximum atomic E-state index is 11.7. The van der Waals surface area contributed by atoms with Gasteiger partial charge < -0.3 is 9.64 Å². The standard InChI is InChI=1S/C20H22N2O3/c1-25-17-5-3-14-10-16(4-2-15(14)11-17)22-8-6-20(7-9-22)12-18(23)21-19(24)13-20/h2-5,10-11H,6-9,12-13H2,1H3,(H,21,23,24). The van der Waals surface area contributed by atoms with Crippen LogP contribution in [0.3, 0.4) is 0 Å². The molecule has 2 amide bonds. The summed E-state index contributed by atoms with van der Waals surface area (Å²) >= 11 is 0. The number of anilines is 1. The normalized spacial score (nSPS) is 20.0. The average Bonchev–Trinajstić information content (AvgIpc) is 2.60. The molecule has 1 N–H and O–H groups in total. The number of benzene rings is 2. The van der Waals surface area contributed by atoms with Crippen LogP contribution in [0.4, 0.5) is 5.69 Å². The monoisotopic (exact) mass is 338 g/mol. The molecule has 0 unspecified atom stereocenters. The van der Waals surface area contributed by atoms with E-state index in [4.69, 9.17) is 4.74 Å². The number of nitrogens with zero attached hydrogens (tertiary/aromatic N) is 1. The molecule has 130 valence electrons. The summed E-state index contributed by atoms with van der Waals surface area (Å²) in [4.78, 5) is 25.8. The van der Waals surface area contributed by atoms with Crippen molar-refractivity contribution in [1.29, 1.82) is 0 Å². The minimum atomic E-state index is -0.139. The molecule has 25 heavy (non-hydrogen) atoms. The van der Waals surface area contributed by atoms with Gasteiger partial charge in [-0.3, -0.25) is 14.9 Å². The highest BCUT2D eigenvalue weighted by molar-refractivity contribution is 5.98. The van der Waals surface area contributed by atoms with E-state index in [-0.39, 0.29) is 17.2 Å². The SMILES string of the molecule is COc1ccc2cc(N3CCC4(CC3)CC(=O)NC(=O)C4)ccc2c1. The maximum absolute atomic E-state index is 11.7. The fraction of sp³-hybridized carbons (Fsp3) is 0.400. The van der Waals surface area contributed by atoms with Crippen molar-refractivity contribution in [3.8, 4) is 5.75 Å². The first kappa shape index (κ1) is 15.9. The zero-order valence-corrected chi connectivity index (χ0v) is 14.4. The quantitative estimate of drug-likeness (QED) is 0.856. The predicted molar refractivity (Wildman–Crippen MR) is 96.8 cm³/mol. The smallest absolute Gasteiger partial charge is 0.227 e. The molecule has 5 nitrogen and oxygen atoms in total. The Morgan fingerprint density at radius 3 is 2.28 bits per heavy atom. The fourth-order valence-corrected chi connectivity index (χ4v) is 4.12. The number of nitrogens with one attached hydrogen (secondary N) is 1. The summed E-state index contributed by atoms with van der Waals surface area (Å²) in [6.45, 7) is 1.75. The molecule has 2 aromatic rings. The van der Waals surface area contributed by atoms with E-state index in [9.17, 15) is 9.59 Å². The third kappa shape index (κ3) is 3.06. The van der Waals surface area contributed by atoms with Crippen LogP contribution in [0, 0.1) is 5.41 Å². The number of fused-ring (bicyclic) bond motifs is 1. The lowest BCUT2D eigenvalue weighted by Gasteiger charge is -2.43. The van der Waals surface area contributed by atoms with E-state index in [0.29, 0.717) is 12.8 Å². The third-order valence-electron chi connectivity index (χ3n) is 5.57. The Kier molecular flexibility index (Phi) is 3.86. The van der Waals surface area contributed by atoms with Crippen molar-refractivity contribution in [3.63, 3.8) is 0 Å². The number of piperidine rings is 2. The molecule has 5 heteroatoms. The summed E-state index contributed by atoms with van der Waals surface area (Å²) in [7, 11) is 1.68. The van der Waals surface area contributed by atoms with E-state index < -0.39 is 0 Å². The highest BCUT2D eigenvalue weighted by Crippen LogP contribution is 2.41. The Hall–Kier alpha value is -2.56. The number of ether oxygens (including phenoxy) is 1. The van der Waals surface area contributed by atoms with Crippen LogP contribution in [0.2, 0.25) is 0 Å². The largest absolute Gasteiger partial charge is 0.497 e. The Bertz CT molecular complexity index is 820. The maximum Gasteiger partial charge on any atom is 0.227 e. The van der Waals surface area contributed by atoms with E-state index >= 15 is 0 Å². The van der Waals surface area contributed by atoms with Crippen molar-refractivity contribution in [2.75, 3.05) is 25.1 Å². The van der Waals surface area contributed by atoms with Gasteiger partial charge in [0, 0.05) is 31.6 Å². The van der Waals surface area contributed by atoms with Gasteiger partial charge in [0.15, 0.2) is 0 Å². The summed E-state index contributed by atoms with van der Waals surface area (Å²) in [5.41, 5.74) is 1.05. The fourth-order valence-electron chi connectivity index (χ4n) is 4.12. The number of methoxy groups -OCH3 is 1. The lowest BCUT2D eigenvalue weighted by Crippen LogP contribution is -2.50. The second-order valence-electron chi connectivity index (χ2n) is 7.21. The van der Waals surface area contributed by atoms with Crippen LogP contribution >= 0.6 is 0 Å². The molecule has 0 aliphatic carbocycles. The summed E-state index contributed by atoms with van der Waals surface area (Å²) in [5.74, 6) is 0.620. The lowest BCUT2D eigenvalue weighted by molar-refractivity contribution is -0.138. The van der Waals surface area contributed by atoms with E-state index in [1.54, 1.807) is 7.11 Å². The van der Waals surface area contributed by atoms with Gasteiger partial charge in [0.05, 0.1) is 7.11 Å². The van der Waals surface area contributed by atoms with Crippen molar-refractivity contribution in [1.82, 2.24) is 5.32 Å². The first-order valence-corrected chi connectivity index (χ1v) is 8.72. The average molecular weight is 338 g/mol. The molecule has 0 bridgehead atoms. The van der Waals surface area contributed by atoms with E-state index in [1.165, 1.54) is 11.1 Å². The minimum Gasteiger partial charge on any atom is -0.497 e. The molecule has 4 rings (SSSR count). The van der Waals surface area contributed by atoms with Gasteiger partial charge in [0.1, 0.15) is 5.75 Å². The number of carbonyl (C=O) groups excluding carboxylic acids is 2. The molecule has 2 aromatic carbocycles. The van der Waals surface area contributed by atoms with Crippen LogP contribution in [0.5, 0.6) is 5.75 Å². The Morgan fingerprint density at radius 2 is 1.60 bits per heavy atom. The van der Waals surface area contributed by atoms with Gasteiger partial charge in [-0.2, -0.15) is 0 Å². The van der Waals surface area contributed by atoms with Gasteiger partial charge in [-0.15, -0.1) is 0 Å². The molecule has 0 aromatic heterocycles. The van der Waals surface area contributed by atoms with Crippen LogP contribution < -0.4 is 15.0 Å². The van der Waals surface area contributed by atoms with Gasteiger partial charge >= 0.3 is 0 Å². The van der Waals surface area contributed by atoms with Crippen molar-refractivity contribution in [2.45, 2.75) is 25.7 Å². The second-order valence-corrected chi connectivity index (χ2v) is 7.21. The minimum absolute atomic E-state index is 0.121. The number of amides is 2. The molecule has 0 radical (unpaired) electrons. The van der Waals surface area contributed by atoms with Gasteiger partial charge in [0.25, 0.3) is 0 Å². The molecule has 1 spiro atoms. The first-order chi connectivity index (χ1) is 12.1. The molecule has 2 aliphatic heterocycles. The molecule has 2 fully saturated rings. The van der Waals surface area contributed by atoms with E-state index in [2.05, 4.69) is 34.5 Å². The topological polar surface area (TPSA) is 58.6 Å². The summed E-state index contributed by atoms with van der Waals surface area (Å²) in [6.07, 6.45) is 2.72. The summed E-state index contributed by atoms with van der Waals surface area (Å²) in [6, 6.07) is 12.5. The van der Waals surface area contributed by atoms with Crippen LogP contribution in [-0.2, 0) is 9.59 Å². The Morgan fingerprint density at radius 1 is 0.960 bits per heavy atom.